The molecular formula is C35H27Cl4NO4. The summed E-state index contributed by atoms with van der Waals surface area (Å²) in [6, 6.07) is 28.6. The van der Waals surface area contributed by atoms with Crippen molar-refractivity contribution in [3.63, 3.8) is 0 Å². The van der Waals surface area contributed by atoms with E-state index in [4.69, 9.17) is 51.1 Å². The third-order valence-corrected chi connectivity index (χ3v) is 9.67. The van der Waals surface area contributed by atoms with Gasteiger partial charge in [0.15, 0.2) is 11.2 Å². The van der Waals surface area contributed by atoms with Crippen LogP contribution in [-0.4, -0.2) is 23.5 Å². The Hall–Kier alpha value is -3.37. The van der Waals surface area contributed by atoms with E-state index in [9.17, 15) is 20.0 Å². The first-order chi connectivity index (χ1) is 21.1. The first-order valence-corrected chi connectivity index (χ1v) is 15.4. The van der Waals surface area contributed by atoms with Crippen LogP contribution in [0.25, 0.3) is 0 Å². The highest BCUT2D eigenvalue weighted by molar-refractivity contribution is 6.32. The Kier molecular flexibility index (Phi) is 9.41. The van der Waals surface area contributed by atoms with Crippen molar-refractivity contribution >= 4 is 58.2 Å². The van der Waals surface area contributed by atoms with Gasteiger partial charge in [-0.15, -0.1) is 0 Å². The van der Waals surface area contributed by atoms with Gasteiger partial charge in [0.05, 0.1) is 18.6 Å². The Bertz CT molecular complexity index is 1740. The maximum atomic E-state index is 14.8. The van der Waals surface area contributed by atoms with Crippen LogP contribution in [0.4, 0.5) is 0 Å². The largest absolute Gasteiger partial charge is 0.465 e. The van der Waals surface area contributed by atoms with Crippen LogP contribution < -0.4 is 0 Å². The molecule has 0 aromatic heterocycles. The number of esters is 1. The molecule has 0 spiro atoms. The van der Waals surface area contributed by atoms with Crippen LogP contribution >= 0.6 is 46.4 Å². The van der Waals surface area contributed by atoms with E-state index >= 15 is 0 Å². The number of nitrogens with zero attached hydrogens (tertiary/aromatic N) is 1. The summed E-state index contributed by atoms with van der Waals surface area (Å²) in [4.78, 5) is 29.1. The molecule has 0 radical (unpaired) electrons. The molecule has 0 unspecified atom stereocenters. The lowest BCUT2D eigenvalue weighted by atomic mass is 9.47. The number of ketones is 1. The normalized spacial score (nSPS) is 24.7. The molecule has 0 aliphatic heterocycles. The fourth-order valence-corrected chi connectivity index (χ4v) is 7.30. The van der Waals surface area contributed by atoms with Crippen molar-refractivity contribution in [2.75, 3.05) is 6.61 Å². The monoisotopic (exact) mass is 665 g/mol. The van der Waals surface area contributed by atoms with Gasteiger partial charge < -0.3 is 9.84 Å². The molecule has 0 saturated heterocycles. The topological polar surface area (TPSA) is 87.4 Å². The number of carbonyl (C=O) groups excluding carboxylic acids is 2. The van der Waals surface area contributed by atoms with Gasteiger partial charge in [0.1, 0.15) is 5.60 Å². The standard InChI is InChI=1S/C35H27Cl4NO4/c1-2-44-33(42)34(20-40)27(25-7-3-5-9-28(25)38)19-35(43,22-13-17-24(37)18-14-22)31(30(34)26-8-4-6-10-29(26)39)32(41)21-11-15-23(36)16-12-21/h3-18,27,30-31,43H,2,19H2,1H3/t27-,30-,31-,34+,35-/m0/s1. The second-order valence-electron chi connectivity index (χ2n) is 10.8. The third-order valence-electron chi connectivity index (χ3n) is 8.48. The van der Waals surface area contributed by atoms with Crippen LogP contribution in [0, 0.1) is 22.7 Å². The van der Waals surface area contributed by atoms with Crippen LogP contribution in [-0.2, 0) is 15.1 Å². The van der Waals surface area contributed by atoms with Gasteiger partial charge in [-0.25, -0.2) is 0 Å². The summed E-state index contributed by atoms with van der Waals surface area (Å²) in [6.07, 6.45) is -0.226. The zero-order chi connectivity index (χ0) is 31.6. The van der Waals surface area contributed by atoms with Gasteiger partial charge in [-0.3, -0.25) is 9.59 Å². The van der Waals surface area contributed by atoms with Crippen LogP contribution in [0.1, 0.15) is 52.2 Å². The summed E-state index contributed by atoms with van der Waals surface area (Å²) in [5, 5.41) is 25.6. The molecule has 1 fully saturated rings. The van der Waals surface area contributed by atoms with Gasteiger partial charge in [-0.05, 0) is 78.6 Å². The van der Waals surface area contributed by atoms with Gasteiger partial charge in [-0.1, -0.05) is 94.9 Å². The highest BCUT2D eigenvalue weighted by atomic mass is 35.5. The molecule has 44 heavy (non-hydrogen) atoms. The highest BCUT2D eigenvalue weighted by Crippen LogP contribution is 2.65. The predicted molar refractivity (Wildman–Crippen MR) is 172 cm³/mol. The molecule has 1 N–H and O–H groups in total. The van der Waals surface area contributed by atoms with Crippen molar-refractivity contribution in [2.24, 2.45) is 11.3 Å². The van der Waals surface area contributed by atoms with Crippen molar-refractivity contribution in [1.82, 2.24) is 0 Å². The molecular weight excluding hydrogens is 640 g/mol. The van der Waals surface area contributed by atoms with Crippen molar-refractivity contribution < 1.29 is 19.4 Å². The van der Waals surface area contributed by atoms with Gasteiger partial charge >= 0.3 is 5.97 Å². The second kappa shape index (κ2) is 12.9. The maximum absolute atomic E-state index is 14.8. The maximum Gasteiger partial charge on any atom is 0.327 e. The Morgan fingerprint density at radius 3 is 1.89 bits per heavy atom. The number of rotatable bonds is 7. The molecule has 4 aromatic carbocycles. The summed E-state index contributed by atoms with van der Waals surface area (Å²) in [5.41, 5.74) is -2.60. The molecule has 1 aliphatic rings. The van der Waals surface area contributed by atoms with E-state index in [-0.39, 0.29) is 23.6 Å². The van der Waals surface area contributed by atoms with Gasteiger partial charge in [0.25, 0.3) is 0 Å². The zero-order valence-corrected chi connectivity index (χ0v) is 26.5. The van der Waals surface area contributed by atoms with Crippen LogP contribution in [0.2, 0.25) is 20.1 Å². The molecule has 9 heteroatoms. The van der Waals surface area contributed by atoms with Crippen molar-refractivity contribution in [3.8, 4) is 6.07 Å². The minimum Gasteiger partial charge on any atom is -0.465 e. The first-order valence-electron chi connectivity index (χ1n) is 13.9. The summed E-state index contributed by atoms with van der Waals surface area (Å²) < 4.78 is 5.62. The second-order valence-corrected chi connectivity index (χ2v) is 12.4. The smallest absolute Gasteiger partial charge is 0.327 e. The van der Waals surface area contributed by atoms with Crippen LogP contribution in [0.3, 0.4) is 0 Å². The Balaban J connectivity index is 1.93. The molecule has 5 atom stereocenters. The SMILES string of the molecule is CCOC(=O)[C@]1(C#N)[C@H](c2ccccc2Cl)C[C@](O)(c2ccc(Cl)cc2)[C@H](C(=O)c2ccc(Cl)cc2)[C@@H]1c1ccccc1Cl. The molecule has 1 saturated carbocycles. The third kappa shape index (κ3) is 5.51. The van der Waals surface area contributed by atoms with Crippen LogP contribution in [0.5, 0.6) is 0 Å². The number of hydrogen-bond acceptors (Lipinski definition) is 5. The van der Waals surface area contributed by atoms with E-state index in [2.05, 4.69) is 6.07 Å². The molecule has 5 rings (SSSR count). The number of carbonyl (C=O) groups is 2. The quantitative estimate of drug-likeness (QED) is 0.157. The van der Waals surface area contributed by atoms with Gasteiger partial charge in [0.2, 0.25) is 0 Å². The molecule has 1 aliphatic carbocycles. The number of hydrogen-bond donors (Lipinski definition) is 1. The van der Waals surface area contributed by atoms with Crippen LogP contribution in [0.15, 0.2) is 97.1 Å². The Labute approximate surface area is 275 Å². The van der Waals surface area contributed by atoms with Crippen molar-refractivity contribution in [3.05, 3.63) is 139 Å². The number of Topliss-reactive ketones (excluding diaryl/α,β-unsaturated/α-hetero) is 1. The molecule has 224 valence electrons. The minimum atomic E-state index is -2.04. The molecule has 5 nitrogen and oxygen atoms in total. The van der Waals surface area contributed by atoms with Crippen molar-refractivity contribution in [1.29, 1.82) is 5.26 Å². The lowest BCUT2D eigenvalue weighted by Gasteiger charge is -2.54. The lowest BCUT2D eigenvalue weighted by molar-refractivity contribution is -0.164. The van der Waals surface area contributed by atoms with E-state index in [1.165, 1.54) is 0 Å². The Morgan fingerprint density at radius 1 is 0.841 bits per heavy atom. The fraction of sp³-hybridized carbons (Fsp3) is 0.229. The fourth-order valence-electron chi connectivity index (χ4n) is 6.53. The van der Waals surface area contributed by atoms with Crippen molar-refractivity contribution in [2.45, 2.75) is 30.8 Å². The zero-order valence-electron chi connectivity index (χ0n) is 23.5. The summed E-state index contributed by atoms with van der Waals surface area (Å²) >= 11 is 26.0. The average molecular weight is 667 g/mol. The summed E-state index contributed by atoms with van der Waals surface area (Å²) in [5.74, 6) is -5.07. The number of aliphatic hydroxyl groups is 1. The summed E-state index contributed by atoms with van der Waals surface area (Å²) in [7, 11) is 0. The molecule has 0 heterocycles. The highest BCUT2D eigenvalue weighted by Gasteiger charge is 2.68. The summed E-state index contributed by atoms with van der Waals surface area (Å²) in [6.45, 7) is 1.62. The molecule has 0 amide bonds. The molecule has 0 bridgehead atoms. The number of nitriles is 1. The van der Waals surface area contributed by atoms with Gasteiger partial charge in [-0.2, -0.15) is 5.26 Å². The molecule has 4 aromatic rings. The van der Waals surface area contributed by atoms with Gasteiger partial charge in [0, 0.05) is 37.5 Å². The Morgan fingerprint density at radius 2 is 1.36 bits per heavy atom. The van der Waals surface area contributed by atoms with E-state index in [0.29, 0.717) is 31.8 Å². The van der Waals surface area contributed by atoms with E-state index in [1.54, 1.807) is 104 Å². The predicted octanol–water partition coefficient (Wildman–Crippen LogP) is 9.03. The average Bonchev–Trinajstić information content (AvgIpc) is 3.01. The minimum absolute atomic E-state index is 0.0238. The number of halogens is 4. The lowest BCUT2D eigenvalue weighted by Crippen LogP contribution is -2.59. The number of benzene rings is 4. The number of ether oxygens (including phenoxy) is 1. The van der Waals surface area contributed by atoms with E-state index in [1.807, 2.05) is 0 Å². The van der Waals surface area contributed by atoms with E-state index in [0.717, 1.165) is 0 Å². The van der Waals surface area contributed by atoms with E-state index < -0.39 is 40.5 Å². The first kappa shape index (κ1) is 32.0.